The van der Waals surface area contributed by atoms with Gasteiger partial charge >= 0.3 is 0 Å². The molecule has 1 aromatic heterocycles. The maximum atomic E-state index is 13.1. The number of rotatable bonds is 13. The molecule has 2 N–H and O–H groups in total. The molecule has 0 aliphatic carbocycles. The Morgan fingerprint density at radius 3 is 2.35 bits per heavy atom. The first kappa shape index (κ1) is 25.3. The SMILES string of the molecule is CCCCCCOc1c(O)c(=O)n(CCCCCC)c2cc(NC(=O)c3ccccc3)ccc12. The quantitative estimate of drug-likeness (QED) is 0.283. The summed E-state index contributed by atoms with van der Waals surface area (Å²) < 4.78 is 7.51. The number of fused-ring (bicyclic) bond motifs is 1. The minimum atomic E-state index is -0.459. The second kappa shape index (κ2) is 12.8. The van der Waals surface area contributed by atoms with Gasteiger partial charge in [0, 0.05) is 23.2 Å². The highest BCUT2D eigenvalue weighted by molar-refractivity contribution is 6.05. The minimum Gasteiger partial charge on any atom is -0.500 e. The number of pyridine rings is 1. The molecule has 0 bridgehead atoms. The monoisotopic (exact) mass is 464 g/mol. The lowest BCUT2D eigenvalue weighted by atomic mass is 10.1. The van der Waals surface area contributed by atoms with Gasteiger partial charge in [-0.3, -0.25) is 9.59 Å². The van der Waals surface area contributed by atoms with Crippen molar-refractivity contribution in [2.75, 3.05) is 11.9 Å². The van der Waals surface area contributed by atoms with Crippen LogP contribution in [-0.2, 0) is 6.54 Å². The Morgan fingerprint density at radius 1 is 0.941 bits per heavy atom. The van der Waals surface area contributed by atoms with Crippen molar-refractivity contribution >= 4 is 22.5 Å². The van der Waals surface area contributed by atoms with Crippen LogP contribution in [0.15, 0.2) is 53.3 Å². The van der Waals surface area contributed by atoms with E-state index in [1.54, 1.807) is 34.9 Å². The summed E-state index contributed by atoms with van der Waals surface area (Å²) >= 11 is 0. The van der Waals surface area contributed by atoms with Crippen LogP contribution in [0.3, 0.4) is 0 Å². The number of carbonyl (C=O) groups is 1. The molecule has 0 saturated heterocycles. The topological polar surface area (TPSA) is 80.6 Å². The lowest BCUT2D eigenvalue weighted by Gasteiger charge is -2.17. The highest BCUT2D eigenvalue weighted by Gasteiger charge is 2.18. The van der Waals surface area contributed by atoms with Gasteiger partial charge in [0.25, 0.3) is 11.5 Å². The second-order valence-electron chi connectivity index (χ2n) is 8.66. The maximum Gasteiger partial charge on any atom is 0.297 e. The lowest BCUT2D eigenvalue weighted by molar-refractivity contribution is 0.102. The molecule has 0 aliphatic heterocycles. The third-order valence-electron chi connectivity index (χ3n) is 5.97. The predicted octanol–water partition coefficient (Wildman–Crippen LogP) is 6.50. The minimum absolute atomic E-state index is 0.219. The fraction of sp³-hybridized carbons (Fsp3) is 0.429. The van der Waals surface area contributed by atoms with Crippen LogP contribution in [0.4, 0.5) is 5.69 Å². The zero-order valence-corrected chi connectivity index (χ0v) is 20.3. The lowest BCUT2D eigenvalue weighted by Crippen LogP contribution is -2.22. The fourth-order valence-electron chi connectivity index (χ4n) is 4.05. The van der Waals surface area contributed by atoms with Crippen molar-refractivity contribution in [2.24, 2.45) is 0 Å². The summed E-state index contributed by atoms with van der Waals surface area (Å²) in [6.07, 6.45) is 8.18. The van der Waals surface area contributed by atoms with Crippen molar-refractivity contribution in [3.05, 3.63) is 64.4 Å². The van der Waals surface area contributed by atoms with Gasteiger partial charge in [0.15, 0.2) is 5.75 Å². The Balaban J connectivity index is 1.95. The van der Waals surface area contributed by atoms with E-state index in [0.717, 1.165) is 51.4 Å². The van der Waals surface area contributed by atoms with Gasteiger partial charge in [0.2, 0.25) is 5.75 Å². The Hall–Kier alpha value is -3.28. The van der Waals surface area contributed by atoms with Crippen molar-refractivity contribution in [2.45, 2.75) is 71.8 Å². The fourth-order valence-corrected chi connectivity index (χ4v) is 4.05. The molecule has 182 valence electrons. The molecular formula is C28H36N2O4. The maximum absolute atomic E-state index is 13.1. The summed E-state index contributed by atoms with van der Waals surface area (Å²) in [5.74, 6) is -0.343. The third-order valence-corrected chi connectivity index (χ3v) is 5.97. The molecular weight excluding hydrogens is 428 g/mol. The second-order valence-corrected chi connectivity index (χ2v) is 8.66. The summed E-state index contributed by atoms with van der Waals surface area (Å²) in [6.45, 7) is 5.22. The Labute approximate surface area is 201 Å². The number of nitrogens with zero attached hydrogens (tertiary/aromatic N) is 1. The number of hydrogen-bond acceptors (Lipinski definition) is 4. The zero-order chi connectivity index (χ0) is 24.3. The van der Waals surface area contributed by atoms with Crippen LogP contribution >= 0.6 is 0 Å². The number of hydrogen-bond donors (Lipinski definition) is 2. The van der Waals surface area contributed by atoms with Gasteiger partial charge in [-0.25, -0.2) is 0 Å². The molecule has 34 heavy (non-hydrogen) atoms. The number of aromatic hydroxyl groups is 1. The van der Waals surface area contributed by atoms with E-state index in [-0.39, 0.29) is 17.4 Å². The molecule has 3 aromatic rings. The molecule has 0 aliphatic rings. The Morgan fingerprint density at radius 2 is 1.65 bits per heavy atom. The number of unbranched alkanes of at least 4 members (excludes halogenated alkanes) is 6. The highest BCUT2D eigenvalue weighted by Crippen LogP contribution is 2.34. The summed E-state index contributed by atoms with van der Waals surface area (Å²) in [6, 6.07) is 14.4. The normalized spacial score (nSPS) is 11.0. The van der Waals surface area contributed by atoms with Crippen LogP contribution in [0.1, 0.15) is 75.6 Å². The van der Waals surface area contributed by atoms with Gasteiger partial charge in [-0.1, -0.05) is 70.6 Å². The van der Waals surface area contributed by atoms with Gasteiger partial charge in [0.1, 0.15) is 0 Å². The van der Waals surface area contributed by atoms with E-state index in [4.69, 9.17) is 4.74 Å². The molecule has 0 unspecified atom stereocenters. The van der Waals surface area contributed by atoms with Crippen LogP contribution in [0.5, 0.6) is 11.5 Å². The zero-order valence-electron chi connectivity index (χ0n) is 20.3. The standard InChI is InChI=1S/C28H36N2O4/c1-3-5-7-12-18-30-24-20-22(29-27(32)21-14-10-9-11-15-21)16-17-23(24)26(25(31)28(30)33)34-19-13-8-6-4-2/h9-11,14-17,20,31H,3-8,12-13,18-19H2,1-2H3,(H,29,32). The van der Waals surface area contributed by atoms with Gasteiger partial charge in [0.05, 0.1) is 12.1 Å². The molecule has 3 rings (SSSR count). The number of aryl methyl sites for hydroxylation is 1. The van der Waals surface area contributed by atoms with Gasteiger partial charge in [-0.05, 0) is 43.2 Å². The third kappa shape index (κ3) is 6.40. The summed E-state index contributed by atoms with van der Waals surface area (Å²) in [5.41, 5.74) is 1.33. The number of carbonyl (C=O) groups excluding carboxylic acids is 1. The average Bonchev–Trinajstić information content (AvgIpc) is 2.86. The van der Waals surface area contributed by atoms with Crippen LogP contribution < -0.4 is 15.6 Å². The van der Waals surface area contributed by atoms with E-state index < -0.39 is 5.56 Å². The largest absolute Gasteiger partial charge is 0.500 e. The van der Waals surface area contributed by atoms with Crippen molar-refractivity contribution in [3.63, 3.8) is 0 Å². The molecule has 0 saturated carbocycles. The van der Waals surface area contributed by atoms with Gasteiger partial charge in [-0.2, -0.15) is 0 Å². The molecule has 2 aromatic carbocycles. The Kier molecular flexibility index (Phi) is 9.56. The van der Waals surface area contributed by atoms with Crippen LogP contribution in [0.25, 0.3) is 10.9 Å². The van der Waals surface area contributed by atoms with E-state index >= 15 is 0 Å². The highest BCUT2D eigenvalue weighted by atomic mass is 16.5. The molecule has 0 radical (unpaired) electrons. The molecule has 1 amide bonds. The molecule has 6 nitrogen and oxygen atoms in total. The molecule has 0 fully saturated rings. The molecule has 6 heteroatoms. The van der Waals surface area contributed by atoms with Crippen molar-refractivity contribution in [1.82, 2.24) is 4.57 Å². The van der Waals surface area contributed by atoms with E-state index in [1.807, 2.05) is 18.2 Å². The summed E-state index contributed by atoms with van der Waals surface area (Å²) in [7, 11) is 0. The van der Waals surface area contributed by atoms with Gasteiger partial charge < -0.3 is 19.7 Å². The number of nitrogens with one attached hydrogen (secondary N) is 1. The number of amides is 1. The number of aromatic nitrogens is 1. The van der Waals surface area contributed by atoms with Crippen molar-refractivity contribution in [1.29, 1.82) is 0 Å². The van der Waals surface area contributed by atoms with Crippen molar-refractivity contribution in [3.8, 4) is 11.5 Å². The van der Waals surface area contributed by atoms with E-state index in [2.05, 4.69) is 19.2 Å². The first-order valence-electron chi connectivity index (χ1n) is 12.5. The van der Waals surface area contributed by atoms with E-state index in [0.29, 0.717) is 35.3 Å². The summed E-state index contributed by atoms with van der Waals surface area (Å²) in [5, 5.41) is 14.3. The predicted molar refractivity (Wildman–Crippen MR) is 138 cm³/mol. The summed E-state index contributed by atoms with van der Waals surface area (Å²) in [4.78, 5) is 25.8. The number of anilines is 1. The van der Waals surface area contributed by atoms with Crippen LogP contribution in [0, 0.1) is 0 Å². The van der Waals surface area contributed by atoms with Crippen LogP contribution in [0.2, 0.25) is 0 Å². The molecule has 0 atom stereocenters. The van der Waals surface area contributed by atoms with Gasteiger partial charge in [-0.15, -0.1) is 0 Å². The molecule has 1 heterocycles. The Bertz CT molecular complexity index is 1140. The van der Waals surface area contributed by atoms with Crippen molar-refractivity contribution < 1.29 is 14.6 Å². The van der Waals surface area contributed by atoms with E-state index in [9.17, 15) is 14.7 Å². The number of ether oxygens (including phenoxy) is 1. The van der Waals surface area contributed by atoms with Crippen LogP contribution in [-0.4, -0.2) is 22.2 Å². The van der Waals surface area contributed by atoms with E-state index in [1.165, 1.54) is 0 Å². The molecule has 0 spiro atoms. The average molecular weight is 465 g/mol. The smallest absolute Gasteiger partial charge is 0.297 e. The first-order valence-corrected chi connectivity index (χ1v) is 12.5. The first-order chi connectivity index (χ1) is 16.6. The number of benzene rings is 2.